The van der Waals surface area contributed by atoms with Crippen molar-refractivity contribution in [1.29, 1.82) is 0 Å². The van der Waals surface area contributed by atoms with Crippen LogP contribution in [0.15, 0.2) is 6.20 Å². The fourth-order valence-corrected chi connectivity index (χ4v) is 3.30. The Kier molecular flexibility index (Phi) is 4.75. The van der Waals surface area contributed by atoms with Gasteiger partial charge < -0.3 is 10.1 Å². The number of halogens is 3. The molecule has 1 saturated carbocycles. The van der Waals surface area contributed by atoms with Gasteiger partial charge in [0.25, 0.3) is 0 Å². The Hall–Kier alpha value is -1.37. The highest BCUT2D eigenvalue weighted by Gasteiger charge is 2.36. The van der Waals surface area contributed by atoms with Gasteiger partial charge in [-0.25, -0.2) is 9.97 Å². The van der Waals surface area contributed by atoms with Gasteiger partial charge in [-0.1, -0.05) is 19.8 Å². The van der Waals surface area contributed by atoms with E-state index < -0.39 is 11.7 Å². The van der Waals surface area contributed by atoms with Gasteiger partial charge in [-0.2, -0.15) is 13.2 Å². The molecule has 1 N–H and O–H groups in total. The Bertz CT molecular complexity index is 546. The molecule has 0 unspecified atom stereocenters. The molecule has 3 rings (SSSR count). The van der Waals surface area contributed by atoms with E-state index in [0.29, 0.717) is 25.1 Å². The summed E-state index contributed by atoms with van der Waals surface area (Å²) >= 11 is 0. The average molecular weight is 329 g/mol. The summed E-state index contributed by atoms with van der Waals surface area (Å²) in [6.45, 7) is 3.21. The number of anilines is 1. The van der Waals surface area contributed by atoms with Gasteiger partial charge in [-0.05, 0) is 25.2 Å². The van der Waals surface area contributed by atoms with Crippen molar-refractivity contribution in [3.63, 3.8) is 0 Å². The number of hydrogen-bond acceptors (Lipinski definition) is 4. The molecule has 2 heterocycles. The zero-order valence-corrected chi connectivity index (χ0v) is 13.2. The Balaban J connectivity index is 1.76. The number of nitrogens with one attached hydrogen (secondary N) is 1. The third-order valence-corrected chi connectivity index (χ3v) is 4.63. The maximum absolute atomic E-state index is 13.1. The van der Waals surface area contributed by atoms with Crippen LogP contribution >= 0.6 is 0 Å². The van der Waals surface area contributed by atoms with Crippen LogP contribution < -0.4 is 5.32 Å². The summed E-state index contributed by atoms with van der Waals surface area (Å²) in [4.78, 5) is 8.08. The number of alkyl halides is 3. The number of ether oxygens (including phenoxy) is 1. The molecule has 1 aromatic heterocycles. The molecule has 2 atom stereocenters. The highest BCUT2D eigenvalue weighted by atomic mass is 19.4. The minimum atomic E-state index is -4.42. The molecule has 0 radical (unpaired) electrons. The summed E-state index contributed by atoms with van der Waals surface area (Å²) in [7, 11) is 0. The van der Waals surface area contributed by atoms with Gasteiger partial charge in [-0.15, -0.1) is 0 Å². The molecule has 4 nitrogen and oxygen atoms in total. The van der Waals surface area contributed by atoms with E-state index in [1.807, 2.05) is 0 Å². The average Bonchev–Trinajstić information content (AvgIpc) is 2.42. The molecule has 1 aliphatic heterocycles. The predicted octanol–water partition coefficient (Wildman–Crippen LogP) is 3.67. The second kappa shape index (κ2) is 6.63. The van der Waals surface area contributed by atoms with Crippen LogP contribution in [0.25, 0.3) is 0 Å². The van der Waals surface area contributed by atoms with Crippen molar-refractivity contribution in [1.82, 2.24) is 9.97 Å². The second-order valence-corrected chi connectivity index (χ2v) is 6.77. The molecule has 23 heavy (non-hydrogen) atoms. The molecule has 1 aromatic rings. The van der Waals surface area contributed by atoms with E-state index in [1.165, 1.54) is 6.42 Å². The first-order valence-corrected chi connectivity index (χ1v) is 8.19. The lowest BCUT2D eigenvalue weighted by molar-refractivity contribution is -0.139. The van der Waals surface area contributed by atoms with E-state index in [1.54, 1.807) is 0 Å². The molecule has 0 amide bonds. The van der Waals surface area contributed by atoms with Gasteiger partial charge in [0.05, 0.1) is 24.5 Å². The molecule has 2 fully saturated rings. The summed E-state index contributed by atoms with van der Waals surface area (Å²) in [5, 5.41) is 3.22. The summed E-state index contributed by atoms with van der Waals surface area (Å²) in [6.07, 6.45) is 1.14. The van der Waals surface area contributed by atoms with Crippen LogP contribution in [-0.4, -0.2) is 29.2 Å². The second-order valence-electron chi connectivity index (χ2n) is 6.77. The van der Waals surface area contributed by atoms with E-state index in [9.17, 15) is 13.2 Å². The van der Waals surface area contributed by atoms with Gasteiger partial charge in [0.15, 0.2) is 0 Å². The van der Waals surface area contributed by atoms with Crippen LogP contribution in [0.2, 0.25) is 0 Å². The quantitative estimate of drug-likeness (QED) is 0.915. The largest absolute Gasteiger partial charge is 0.419 e. The number of nitrogens with zero attached hydrogens (tertiary/aromatic N) is 2. The van der Waals surface area contributed by atoms with Crippen molar-refractivity contribution in [2.24, 2.45) is 11.8 Å². The standard InChI is InChI=1S/C16H22F3N3O/c1-10-3-2-4-12(5-10)21-15-20-7-13(16(17,18)19)14(22-15)6-11-8-23-9-11/h7,10-12H,2-6,8-9H2,1H3,(H,20,21,22)/t10-,12+/m0/s1. The Morgan fingerprint density at radius 1 is 1.30 bits per heavy atom. The highest BCUT2D eigenvalue weighted by Crippen LogP contribution is 2.33. The molecule has 2 aliphatic rings. The lowest BCUT2D eigenvalue weighted by Gasteiger charge is -2.28. The van der Waals surface area contributed by atoms with Gasteiger partial charge in [-0.3, -0.25) is 0 Å². The van der Waals surface area contributed by atoms with Gasteiger partial charge in [0, 0.05) is 18.2 Å². The number of aromatic nitrogens is 2. The van der Waals surface area contributed by atoms with Crippen molar-refractivity contribution in [2.45, 2.75) is 51.2 Å². The maximum Gasteiger partial charge on any atom is 0.419 e. The third kappa shape index (κ3) is 4.13. The summed E-state index contributed by atoms with van der Waals surface area (Å²) in [6, 6.07) is 0.246. The maximum atomic E-state index is 13.1. The summed E-state index contributed by atoms with van der Waals surface area (Å²) in [5.41, 5.74) is -0.654. The van der Waals surface area contributed by atoms with E-state index in [4.69, 9.17) is 4.74 Å². The zero-order valence-electron chi connectivity index (χ0n) is 13.2. The molecule has 1 aliphatic carbocycles. The van der Waals surface area contributed by atoms with E-state index in [0.717, 1.165) is 25.5 Å². The van der Waals surface area contributed by atoms with E-state index in [-0.39, 0.29) is 24.1 Å². The van der Waals surface area contributed by atoms with Crippen LogP contribution in [0, 0.1) is 11.8 Å². The minimum Gasteiger partial charge on any atom is -0.381 e. The predicted molar refractivity (Wildman–Crippen MR) is 80.1 cm³/mol. The first-order chi connectivity index (χ1) is 10.9. The van der Waals surface area contributed by atoms with Crippen molar-refractivity contribution < 1.29 is 17.9 Å². The third-order valence-electron chi connectivity index (χ3n) is 4.63. The SMILES string of the molecule is C[C@H]1CCC[C@@H](Nc2ncc(C(F)(F)F)c(CC3COC3)n2)C1. The lowest BCUT2D eigenvalue weighted by Crippen LogP contribution is -2.31. The fourth-order valence-electron chi connectivity index (χ4n) is 3.30. The lowest BCUT2D eigenvalue weighted by atomic mass is 9.87. The zero-order chi connectivity index (χ0) is 16.4. The Morgan fingerprint density at radius 2 is 2.09 bits per heavy atom. The van der Waals surface area contributed by atoms with Gasteiger partial charge in [0.1, 0.15) is 0 Å². The van der Waals surface area contributed by atoms with Gasteiger partial charge in [0.2, 0.25) is 5.95 Å². The molecule has 7 heteroatoms. The molecule has 0 spiro atoms. The highest BCUT2D eigenvalue weighted by molar-refractivity contribution is 5.32. The molecule has 1 saturated heterocycles. The normalized spacial score (nSPS) is 25.9. The fraction of sp³-hybridized carbons (Fsp3) is 0.750. The van der Waals surface area contributed by atoms with Crippen LogP contribution in [-0.2, 0) is 17.3 Å². The van der Waals surface area contributed by atoms with Crippen molar-refractivity contribution in [3.05, 3.63) is 17.5 Å². The Morgan fingerprint density at radius 3 is 2.70 bits per heavy atom. The van der Waals surface area contributed by atoms with Crippen LogP contribution in [0.3, 0.4) is 0 Å². The van der Waals surface area contributed by atoms with E-state index in [2.05, 4.69) is 22.2 Å². The van der Waals surface area contributed by atoms with Gasteiger partial charge >= 0.3 is 6.18 Å². The van der Waals surface area contributed by atoms with Crippen molar-refractivity contribution in [3.8, 4) is 0 Å². The molecular formula is C16H22F3N3O. The Labute approximate surface area is 133 Å². The number of hydrogen-bond donors (Lipinski definition) is 1. The smallest absolute Gasteiger partial charge is 0.381 e. The number of rotatable bonds is 4. The summed E-state index contributed by atoms with van der Waals surface area (Å²) in [5.74, 6) is 1.06. The molecular weight excluding hydrogens is 307 g/mol. The monoisotopic (exact) mass is 329 g/mol. The molecule has 128 valence electrons. The summed E-state index contributed by atoms with van der Waals surface area (Å²) < 4.78 is 44.4. The van der Waals surface area contributed by atoms with Crippen molar-refractivity contribution >= 4 is 5.95 Å². The first kappa shape index (κ1) is 16.5. The van der Waals surface area contributed by atoms with Crippen LogP contribution in [0.5, 0.6) is 0 Å². The first-order valence-electron chi connectivity index (χ1n) is 8.19. The minimum absolute atomic E-state index is 0.0761. The van der Waals surface area contributed by atoms with Crippen LogP contribution in [0.1, 0.15) is 43.9 Å². The molecule has 0 aromatic carbocycles. The molecule has 0 bridgehead atoms. The van der Waals surface area contributed by atoms with Crippen LogP contribution in [0.4, 0.5) is 19.1 Å². The topological polar surface area (TPSA) is 47.0 Å². The van der Waals surface area contributed by atoms with E-state index >= 15 is 0 Å². The van der Waals surface area contributed by atoms with Crippen molar-refractivity contribution in [2.75, 3.05) is 18.5 Å².